The first-order valence-electron chi connectivity index (χ1n) is 12.7. The van der Waals surface area contributed by atoms with Gasteiger partial charge in [0.25, 0.3) is 15.9 Å². The van der Waals surface area contributed by atoms with Crippen LogP contribution in [-0.4, -0.2) is 31.7 Å². The zero-order chi connectivity index (χ0) is 30.8. The smallest absolute Gasteiger partial charge is 0.318 e. The number of amides is 1. The third kappa shape index (κ3) is 6.69. The molecule has 0 aliphatic carbocycles. The Morgan fingerprint density at radius 2 is 1.55 bits per heavy atom. The Kier molecular flexibility index (Phi) is 8.84. The van der Waals surface area contributed by atoms with Crippen molar-refractivity contribution in [1.82, 2.24) is 9.99 Å². The molecule has 42 heavy (non-hydrogen) atoms. The number of anilines is 1. The Labute approximate surface area is 247 Å². The molecule has 0 aliphatic rings. The van der Waals surface area contributed by atoms with Crippen LogP contribution in [0.1, 0.15) is 33.6 Å². The molecule has 0 saturated heterocycles. The number of benzene rings is 3. The van der Waals surface area contributed by atoms with Crippen LogP contribution < -0.4 is 9.73 Å². The van der Waals surface area contributed by atoms with E-state index in [2.05, 4.69) is 10.5 Å². The zero-order valence-electron chi connectivity index (χ0n) is 23.2. The van der Waals surface area contributed by atoms with Crippen molar-refractivity contribution in [3.63, 3.8) is 0 Å². The number of aryl methyl sites for hydroxylation is 3. The fraction of sp³-hybridized carbons (Fsp3) is 0.200. The Hall–Kier alpha value is -4.09. The standard InChI is InChI=1S/C30H28ClF3N4O3S/c1-19-5-9-24(10-6-19)38-21(3)15-23(22(38)4)17-35-36-29(39)18-37(42(40,41)26-12-7-20(2)8-13-26)25-11-14-28(31)27(16-25)30(32,33)34/h5-17H,18H2,1-4H3,(H,36,39)/b35-17-. The van der Waals surface area contributed by atoms with Gasteiger partial charge in [0.05, 0.1) is 27.4 Å². The van der Waals surface area contributed by atoms with Crippen molar-refractivity contribution in [3.05, 3.63) is 111 Å². The number of rotatable bonds is 8. The molecule has 0 saturated carbocycles. The molecule has 0 atom stereocenters. The van der Waals surface area contributed by atoms with Crippen LogP contribution in [0.4, 0.5) is 18.9 Å². The molecule has 4 aromatic rings. The van der Waals surface area contributed by atoms with Crippen molar-refractivity contribution in [2.75, 3.05) is 10.8 Å². The molecule has 0 spiro atoms. The number of nitrogens with one attached hydrogen (secondary N) is 1. The monoisotopic (exact) mass is 616 g/mol. The molecule has 3 aromatic carbocycles. The Balaban J connectivity index is 1.62. The van der Waals surface area contributed by atoms with Crippen molar-refractivity contribution in [2.24, 2.45) is 5.10 Å². The van der Waals surface area contributed by atoms with Gasteiger partial charge in [-0.05, 0) is 76.2 Å². The second-order valence-electron chi connectivity index (χ2n) is 9.78. The molecule has 7 nitrogen and oxygen atoms in total. The number of carbonyl (C=O) groups excluding carboxylic acids is 1. The second-order valence-corrected chi connectivity index (χ2v) is 12.0. The fourth-order valence-corrected chi connectivity index (χ4v) is 6.02. The lowest BCUT2D eigenvalue weighted by atomic mass is 10.2. The minimum absolute atomic E-state index is 0.198. The zero-order valence-corrected chi connectivity index (χ0v) is 24.8. The van der Waals surface area contributed by atoms with Gasteiger partial charge in [-0.2, -0.15) is 18.3 Å². The summed E-state index contributed by atoms with van der Waals surface area (Å²) in [6.07, 6.45) is -3.42. The molecule has 1 N–H and O–H groups in total. The van der Waals surface area contributed by atoms with Crippen molar-refractivity contribution in [1.29, 1.82) is 0 Å². The lowest BCUT2D eigenvalue weighted by molar-refractivity contribution is -0.137. The van der Waals surface area contributed by atoms with Crippen LogP contribution in [-0.2, 0) is 21.0 Å². The molecule has 1 aromatic heterocycles. The molecule has 12 heteroatoms. The minimum atomic E-state index is -4.84. The fourth-order valence-electron chi connectivity index (χ4n) is 4.39. The number of aromatic nitrogens is 1. The van der Waals surface area contributed by atoms with Gasteiger partial charge in [-0.15, -0.1) is 0 Å². The average molecular weight is 617 g/mol. The molecule has 0 unspecified atom stereocenters. The predicted octanol–water partition coefficient (Wildman–Crippen LogP) is 6.73. The van der Waals surface area contributed by atoms with E-state index in [-0.39, 0.29) is 10.6 Å². The van der Waals surface area contributed by atoms with Gasteiger partial charge in [0.1, 0.15) is 6.54 Å². The summed E-state index contributed by atoms with van der Waals surface area (Å²) in [5.41, 5.74) is 6.04. The highest BCUT2D eigenvalue weighted by molar-refractivity contribution is 7.92. The van der Waals surface area contributed by atoms with Gasteiger partial charge in [-0.1, -0.05) is 47.0 Å². The summed E-state index contributed by atoms with van der Waals surface area (Å²) in [6, 6.07) is 18.2. The Bertz CT molecular complexity index is 1750. The molecule has 0 aliphatic heterocycles. The van der Waals surface area contributed by atoms with Crippen LogP contribution in [0.2, 0.25) is 5.02 Å². The number of alkyl halides is 3. The van der Waals surface area contributed by atoms with E-state index in [0.717, 1.165) is 40.3 Å². The van der Waals surface area contributed by atoms with Crippen LogP contribution in [0.5, 0.6) is 0 Å². The largest absolute Gasteiger partial charge is 0.417 e. The molecule has 0 fully saturated rings. The van der Waals surface area contributed by atoms with Gasteiger partial charge in [0.2, 0.25) is 0 Å². The first-order valence-corrected chi connectivity index (χ1v) is 14.5. The summed E-state index contributed by atoms with van der Waals surface area (Å²) < 4.78 is 70.5. The van der Waals surface area contributed by atoms with Gasteiger partial charge < -0.3 is 4.57 Å². The van der Waals surface area contributed by atoms with Crippen LogP contribution in [0, 0.1) is 27.7 Å². The summed E-state index contributed by atoms with van der Waals surface area (Å²) in [6.45, 7) is 6.74. The maximum Gasteiger partial charge on any atom is 0.417 e. The van der Waals surface area contributed by atoms with Crippen molar-refractivity contribution < 1.29 is 26.4 Å². The van der Waals surface area contributed by atoms with E-state index in [9.17, 15) is 26.4 Å². The number of hydrogen-bond acceptors (Lipinski definition) is 4. The molecular formula is C30H28ClF3N4O3S. The van der Waals surface area contributed by atoms with Gasteiger partial charge >= 0.3 is 6.18 Å². The van der Waals surface area contributed by atoms with E-state index in [1.807, 2.05) is 55.7 Å². The number of nitrogens with zero attached hydrogens (tertiary/aromatic N) is 3. The SMILES string of the molecule is Cc1ccc(-n2c(C)cc(/C=N\NC(=O)CN(c3ccc(Cl)c(C(F)(F)F)c3)S(=O)(=O)c3ccc(C)cc3)c2C)cc1. The van der Waals surface area contributed by atoms with Crippen molar-refractivity contribution >= 4 is 39.4 Å². The third-order valence-electron chi connectivity index (χ3n) is 6.59. The van der Waals surface area contributed by atoms with E-state index < -0.39 is 39.2 Å². The lowest BCUT2D eigenvalue weighted by Gasteiger charge is -2.25. The number of halogens is 4. The summed E-state index contributed by atoms with van der Waals surface area (Å²) in [4.78, 5) is 12.7. The second kappa shape index (κ2) is 12.0. The summed E-state index contributed by atoms with van der Waals surface area (Å²) >= 11 is 5.75. The normalized spacial score (nSPS) is 12.1. The van der Waals surface area contributed by atoms with E-state index in [1.54, 1.807) is 19.1 Å². The Morgan fingerprint density at radius 1 is 0.952 bits per heavy atom. The van der Waals surface area contributed by atoms with Crippen LogP contribution >= 0.6 is 11.6 Å². The summed E-state index contributed by atoms with van der Waals surface area (Å²) in [7, 11) is -4.45. The van der Waals surface area contributed by atoms with Gasteiger partial charge in [0.15, 0.2) is 0 Å². The third-order valence-corrected chi connectivity index (χ3v) is 8.71. The number of carbonyl (C=O) groups is 1. The summed E-state index contributed by atoms with van der Waals surface area (Å²) in [5, 5.41) is 3.39. The van der Waals surface area contributed by atoms with Gasteiger partial charge in [0, 0.05) is 22.6 Å². The highest BCUT2D eigenvalue weighted by atomic mass is 35.5. The highest BCUT2D eigenvalue weighted by Gasteiger charge is 2.35. The molecule has 4 rings (SSSR count). The van der Waals surface area contributed by atoms with E-state index in [1.165, 1.54) is 18.3 Å². The molecule has 0 radical (unpaired) electrons. The molecular weight excluding hydrogens is 589 g/mol. The van der Waals surface area contributed by atoms with Gasteiger partial charge in [-0.25, -0.2) is 13.8 Å². The molecule has 1 amide bonds. The Morgan fingerprint density at radius 3 is 2.14 bits per heavy atom. The topological polar surface area (TPSA) is 83.8 Å². The molecule has 220 valence electrons. The summed E-state index contributed by atoms with van der Waals surface area (Å²) in [5.74, 6) is -0.863. The number of hydrogen-bond donors (Lipinski definition) is 1. The number of sulfonamides is 1. The minimum Gasteiger partial charge on any atom is -0.318 e. The first kappa shape index (κ1) is 30.9. The highest BCUT2D eigenvalue weighted by Crippen LogP contribution is 2.38. The van der Waals surface area contributed by atoms with Crippen LogP contribution in [0.15, 0.2) is 82.8 Å². The quantitative estimate of drug-likeness (QED) is 0.176. The molecule has 1 heterocycles. The van der Waals surface area contributed by atoms with Crippen LogP contribution in [0.25, 0.3) is 5.69 Å². The maximum atomic E-state index is 13.6. The van der Waals surface area contributed by atoms with E-state index in [0.29, 0.717) is 15.9 Å². The van der Waals surface area contributed by atoms with E-state index in [4.69, 9.17) is 11.6 Å². The lowest BCUT2D eigenvalue weighted by Crippen LogP contribution is -2.39. The average Bonchev–Trinajstić information content (AvgIpc) is 3.20. The van der Waals surface area contributed by atoms with Crippen molar-refractivity contribution in [2.45, 2.75) is 38.8 Å². The van der Waals surface area contributed by atoms with E-state index >= 15 is 0 Å². The van der Waals surface area contributed by atoms with Crippen molar-refractivity contribution in [3.8, 4) is 5.69 Å². The number of hydrazone groups is 1. The maximum absolute atomic E-state index is 13.6. The predicted molar refractivity (Wildman–Crippen MR) is 158 cm³/mol. The van der Waals surface area contributed by atoms with Crippen LogP contribution in [0.3, 0.4) is 0 Å². The van der Waals surface area contributed by atoms with Gasteiger partial charge in [-0.3, -0.25) is 9.10 Å². The molecule has 0 bridgehead atoms. The first-order chi connectivity index (χ1) is 19.7.